The first-order chi connectivity index (χ1) is 5.29. The van der Waals surface area contributed by atoms with Crippen LogP contribution < -0.4 is 5.73 Å². The molecule has 3 nitrogen and oxygen atoms in total. The van der Waals surface area contributed by atoms with Crippen LogP contribution in [-0.2, 0) is 8.85 Å². The van der Waals surface area contributed by atoms with Crippen molar-refractivity contribution in [3.8, 4) is 0 Å². The summed E-state index contributed by atoms with van der Waals surface area (Å²) in [5.41, 5.74) is 5.99. The van der Waals surface area contributed by atoms with E-state index in [1.807, 2.05) is 0 Å². The Bertz CT molecular complexity index is 88.5. The van der Waals surface area contributed by atoms with Gasteiger partial charge in [0.25, 0.3) is 0 Å². The van der Waals surface area contributed by atoms with Crippen LogP contribution in [0.2, 0.25) is 5.54 Å². The van der Waals surface area contributed by atoms with Gasteiger partial charge < -0.3 is 14.6 Å². The maximum atomic E-state index is 5.46. The van der Waals surface area contributed by atoms with E-state index in [1.54, 1.807) is 14.2 Å². The lowest BCUT2D eigenvalue weighted by molar-refractivity contribution is 0.261. The third-order valence-electron chi connectivity index (χ3n) is 1.74. The van der Waals surface area contributed by atoms with Crippen molar-refractivity contribution in [1.82, 2.24) is 0 Å². The van der Waals surface area contributed by atoms with Gasteiger partial charge >= 0.3 is 9.28 Å². The third-order valence-corrected chi connectivity index (χ3v) is 3.91. The van der Waals surface area contributed by atoms with E-state index in [9.17, 15) is 0 Å². The number of rotatable bonds is 6. The van der Waals surface area contributed by atoms with E-state index in [0.717, 1.165) is 19.4 Å². The quantitative estimate of drug-likeness (QED) is 0.611. The average molecular weight is 176 g/mol. The predicted octanol–water partition coefficient (Wildman–Crippen LogP) is 0.896. The molecule has 0 aromatic rings. The summed E-state index contributed by atoms with van der Waals surface area (Å²) in [4.78, 5) is 0. The molecule has 0 fully saturated rings. The Labute approximate surface area is 70.7 Å². The second-order valence-corrected chi connectivity index (χ2v) is 4.68. The molecular formula is C7H18NO2Si. The molecule has 0 aromatic carbocycles. The molecule has 0 saturated heterocycles. The highest BCUT2D eigenvalue weighted by Crippen LogP contribution is 2.19. The molecule has 1 unspecified atom stereocenters. The van der Waals surface area contributed by atoms with Crippen LogP contribution in [-0.4, -0.2) is 30.0 Å². The molecular weight excluding hydrogens is 158 g/mol. The van der Waals surface area contributed by atoms with Gasteiger partial charge in [-0.3, -0.25) is 0 Å². The van der Waals surface area contributed by atoms with Crippen molar-refractivity contribution in [2.24, 2.45) is 5.73 Å². The van der Waals surface area contributed by atoms with Crippen LogP contribution in [0.3, 0.4) is 0 Å². The maximum absolute atomic E-state index is 5.46. The zero-order valence-corrected chi connectivity index (χ0v) is 8.59. The van der Waals surface area contributed by atoms with Gasteiger partial charge in [0.1, 0.15) is 0 Å². The van der Waals surface area contributed by atoms with Gasteiger partial charge in [0, 0.05) is 19.8 Å². The van der Waals surface area contributed by atoms with Crippen LogP contribution in [0.1, 0.15) is 19.8 Å². The molecule has 0 aliphatic carbocycles. The van der Waals surface area contributed by atoms with E-state index < -0.39 is 9.28 Å². The average Bonchev–Trinajstić information content (AvgIpc) is 2.05. The van der Waals surface area contributed by atoms with Gasteiger partial charge in [-0.2, -0.15) is 0 Å². The highest BCUT2D eigenvalue weighted by atomic mass is 28.3. The van der Waals surface area contributed by atoms with E-state index in [4.69, 9.17) is 14.6 Å². The molecule has 2 N–H and O–H groups in total. The fourth-order valence-electron chi connectivity index (χ4n) is 1.11. The van der Waals surface area contributed by atoms with Gasteiger partial charge in [-0.15, -0.1) is 0 Å². The summed E-state index contributed by atoms with van der Waals surface area (Å²) in [6.45, 7) is 2.86. The summed E-state index contributed by atoms with van der Waals surface area (Å²) in [6.07, 6.45) is 2.10. The fraction of sp³-hybridized carbons (Fsp3) is 1.00. The Morgan fingerprint density at radius 2 is 1.91 bits per heavy atom. The zero-order valence-electron chi connectivity index (χ0n) is 7.59. The number of hydrogen-bond donors (Lipinski definition) is 1. The first kappa shape index (κ1) is 11.1. The van der Waals surface area contributed by atoms with Gasteiger partial charge in [0.05, 0.1) is 0 Å². The SMILES string of the molecule is CCC(CCN)[Si](OC)OC. The fourth-order valence-corrected chi connectivity index (χ4v) is 2.68. The number of nitrogens with two attached hydrogens (primary N) is 1. The highest BCUT2D eigenvalue weighted by Gasteiger charge is 2.23. The van der Waals surface area contributed by atoms with Crippen molar-refractivity contribution in [3.05, 3.63) is 0 Å². The molecule has 1 radical (unpaired) electrons. The third kappa shape index (κ3) is 3.86. The van der Waals surface area contributed by atoms with Crippen LogP contribution in [0.4, 0.5) is 0 Å². The molecule has 0 aliphatic heterocycles. The lowest BCUT2D eigenvalue weighted by Crippen LogP contribution is -2.27. The van der Waals surface area contributed by atoms with E-state index in [2.05, 4.69) is 6.92 Å². The molecule has 0 aromatic heterocycles. The van der Waals surface area contributed by atoms with Gasteiger partial charge in [-0.1, -0.05) is 13.3 Å². The van der Waals surface area contributed by atoms with Crippen LogP contribution in [0.25, 0.3) is 0 Å². The minimum atomic E-state index is -1.06. The molecule has 0 heterocycles. The minimum absolute atomic E-state index is 0.528. The van der Waals surface area contributed by atoms with Crippen LogP contribution in [0, 0.1) is 0 Å². The largest absolute Gasteiger partial charge is 0.397 e. The number of hydrogen-bond acceptors (Lipinski definition) is 3. The molecule has 0 aliphatic rings. The van der Waals surface area contributed by atoms with Gasteiger partial charge in [0.2, 0.25) is 0 Å². The minimum Gasteiger partial charge on any atom is -0.397 e. The normalized spacial score (nSPS) is 13.9. The lowest BCUT2D eigenvalue weighted by Gasteiger charge is -2.18. The molecule has 4 heteroatoms. The maximum Gasteiger partial charge on any atom is 0.387 e. The van der Waals surface area contributed by atoms with Gasteiger partial charge in [0.15, 0.2) is 0 Å². The summed E-state index contributed by atoms with van der Waals surface area (Å²) < 4.78 is 10.5. The van der Waals surface area contributed by atoms with Crippen molar-refractivity contribution in [1.29, 1.82) is 0 Å². The van der Waals surface area contributed by atoms with E-state index >= 15 is 0 Å². The lowest BCUT2D eigenvalue weighted by atomic mass is 10.2. The second kappa shape index (κ2) is 6.79. The first-order valence-electron chi connectivity index (χ1n) is 3.95. The van der Waals surface area contributed by atoms with Gasteiger partial charge in [-0.25, -0.2) is 0 Å². The van der Waals surface area contributed by atoms with Crippen LogP contribution in [0.5, 0.6) is 0 Å². The van der Waals surface area contributed by atoms with Crippen molar-refractivity contribution >= 4 is 9.28 Å². The topological polar surface area (TPSA) is 44.5 Å². The van der Waals surface area contributed by atoms with Crippen molar-refractivity contribution < 1.29 is 8.85 Å². The van der Waals surface area contributed by atoms with E-state index in [1.165, 1.54) is 0 Å². The standard InChI is InChI=1S/C7H18NO2Si/c1-4-7(5-6-8)11(9-2)10-3/h7H,4-6,8H2,1-3H3. The molecule has 0 amide bonds. The van der Waals surface area contributed by atoms with Crippen molar-refractivity contribution in [3.63, 3.8) is 0 Å². The Morgan fingerprint density at radius 1 is 1.36 bits per heavy atom. The molecule has 67 valence electrons. The molecule has 1 atom stereocenters. The summed E-state index contributed by atoms with van der Waals surface area (Å²) in [5, 5.41) is 0. The van der Waals surface area contributed by atoms with E-state index in [0.29, 0.717) is 5.54 Å². The predicted molar refractivity (Wildman–Crippen MR) is 47.5 cm³/mol. The molecule has 11 heavy (non-hydrogen) atoms. The molecule has 0 saturated carbocycles. The summed E-state index contributed by atoms with van der Waals surface area (Å²) >= 11 is 0. The smallest absolute Gasteiger partial charge is 0.387 e. The Balaban J connectivity index is 3.76. The molecule has 0 spiro atoms. The van der Waals surface area contributed by atoms with E-state index in [-0.39, 0.29) is 0 Å². The monoisotopic (exact) mass is 176 g/mol. The Morgan fingerprint density at radius 3 is 2.18 bits per heavy atom. The van der Waals surface area contributed by atoms with Crippen LogP contribution >= 0.6 is 0 Å². The zero-order chi connectivity index (χ0) is 8.69. The van der Waals surface area contributed by atoms with Crippen LogP contribution in [0.15, 0.2) is 0 Å². The van der Waals surface area contributed by atoms with Crippen molar-refractivity contribution in [2.75, 3.05) is 20.8 Å². The Hall–Kier alpha value is 0.0969. The second-order valence-electron chi connectivity index (χ2n) is 2.41. The first-order valence-corrected chi connectivity index (χ1v) is 5.34. The summed E-state index contributed by atoms with van der Waals surface area (Å²) in [6, 6.07) is 0. The summed E-state index contributed by atoms with van der Waals surface area (Å²) in [7, 11) is 2.36. The van der Waals surface area contributed by atoms with Gasteiger partial charge in [-0.05, 0) is 13.0 Å². The highest BCUT2D eigenvalue weighted by molar-refractivity contribution is 6.46. The molecule has 0 rings (SSSR count). The summed E-state index contributed by atoms with van der Waals surface area (Å²) in [5.74, 6) is 0. The molecule has 0 bridgehead atoms. The Kier molecular flexibility index (Phi) is 6.85. The van der Waals surface area contributed by atoms with Crippen molar-refractivity contribution in [2.45, 2.75) is 25.3 Å².